The number of rotatable bonds is 8. The van der Waals surface area contributed by atoms with E-state index in [0.29, 0.717) is 5.92 Å². The first-order valence-electron chi connectivity index (χ1n) is 12.0. The lowest BCUT2D eigenvalue weighted by Crippen LogP contribution is -2.12. The Bertz CT molecular complexity index is 945. The van der Waals surface area contributed by atoms with Crippen molar-refractivity contribution in [1.82, 2.24) is 0 Å². The minimum atomic E-state index is 0.0195. The van der Waals surface area contributed by atoms with Crippen molar-refractivity contribution in [2.24, 2.45) is 5.92 Å². The van der Waals surface area contributed by atoms with Gasteiger partial charge >= 0.3 is 0 Å². The molecule has 0 spiro atoms. The molecule has 0 aliphatic heterocycles. The zero-order chi connectivity index (χ0) is 20.9. The third-order valence-electron chi connectivity index (χ3n) is 6.92. The van der Waals surface area contributed by atoms with Gasteiger partial charge in [0.2, 0.25) is 0 Å². The van der Waals surface area contributed by atoms with Gasteiger partial charge in [-0.25, -0.2) is 4.39 Å². The second kappa shape index (κ2) is 10.1. The predicted molar refractivity (Wildman–Crippen MR) is 129 cm³/mol. The molecule has 30 heavy (non-hydrogen) atoms. The van der Waals surface area contributed by atoms with Crippen LogP contribution in [-0.4, -0.2) is 0 Å². The first-order valence-corrected chi connectivity index (χ1v) is 12.8. The van der Waals surface area contributed by atoms with Crippen LogP contribution in [0.25, 0.3) is 10.1 Å². The topological polar surface area (TPSA) is 0 Å². The molecule has 1 aliphatic carbocycles. The largest absolute Gasteiger partial charge is 0.205 e. The molecule has 1 saturated carbocycles. The molecule has 0 nitrogen and oxygen atoms in total. The maximum Gasteiger partial charge on any atom is 0.144 e. The Kier molecular flexibility index (Phi) is 7.25. The van der Waals surface area contributed by atoms with E-state index in [1.54, 1.807) is 11.3 Å². The van der Waals surface area contributed by atoms with Crippen LogP contribution in [0.2, 0.25) is 0 Å². The van der Waals surface area contributed by atoms with E-state index >= 15 is 4.39 Å². The van der Waals surface area contributed by atoms with E-state index in [9.17, 15) is 0 Å². The first kappa shape index (κ1) is 21.6. The quantitative estimate of drug-likeness (QED) is 0.340. The molecule has 0 saturated heterocycles. The molecule has 0 radical (unpaired) electrons. The van der Waals surface area contributed by atoms with Gasteiger partial charge in [0, 0.05) is 4.88 Å². The lowest BCUT2D eigenvalue weighted by Gasteiger charge is -2.27. The van der Waals surface area contributed by atoms with Gasteiger partial charge in [-0.1, -0.05) is 69.5 Å². The maximum absolute atomic E-state index is 15.3. The lowest BCUT2D eigenvalue weighted by molar-refractivity contribution is 0.310. The minimum absolute atomic E-state index is 0.0195. The third kappa shape index (κ3) is 4.97. The number of benzene rings is 2. The standard InChI is InChI=1S/C28H35FS/c1-3-5-20-7-9-22(10-8-20)13-16-24-17-18-25-19-26(30-28(25)27(24)29)23-14-11-21(6-4-2)12-15-23/h7-10,17-19,21,23H,3-6,11-16H2,1-2H3. The van der Waals surface area contributed by atoms with Crippen LogP contribution in [0.4, 0.5) is 4.39 Å². The zero-order valence-corrected chi connectivity index (χ0v) is 19.4. The van der Waals surface area contributed by atoms with Gasteiger partial charge in [-0.15, -0.1) is 11.3 Å². The van der Waals surface area contributed by atoms with Crippen LogP contribution in [-0.2, 0) is 19.3 Å². The van der Waals surface area contributed by atoms with Crippen LogP contribution in [0.3, 0.4) is 0 Å². The molecule has 2 heteroatoms. The molecule has 1 aliphatic rings. The van der Waals surface area contributed by atoms with E-state index in [-0.39, 0.29) is 5.82 Å². The summed E-state index contributed by atoms with van der Waals surface area (Å²) >= 11 is 1.71. The summed E-state index contributed by atoms with van der Waals surface area (Å²) in [6, 6.07) is 15.3. The Morgan fingerprint density at radius 2 is 1.53 bits per heavy atom. The fourth-order valence-corrected chi connectivity index (χ4v) is 6.40. The monoisotopic (exact) mass is 422 g/mol. The van der Waals surface area contributed by atoms with Gasteiger partial charge in [-0.3, -0.25) is 0 Å². The Hall–Kier alpha value is -1.67. The molecule has 0 bridgehead atoms. The summed E-state index contributed by atoms with van der Waals surface area (Å²) in [5.41, 5.74) is 3.55. The van der Waals surface area contributed by atoms with Crippen molar-refractivity contribution < 1.29 is 4.39 Å². The van der Waals surface area contributed by atoms with Crippen LogP contribution in [0, 0.1) is 11.7 Å². The molecule has 0 N–H and O–H groups in total. The number of hydrogen-bond donors (Lipinski definition) is 0. The van der Waals surface area contributed by atoms with Crippen LogP contribution < -0.4 is 0 Å². The number of thiophene rings is 1. The normalized spacial score (nSPS) is 19.4. The molecule has 0 atom stereocenters. The highest BCUT2D eigenvalue weighted by Gasteiger charge is 2.24. The first-order chi connectivity index (χ1) is 14.7. The van der Waals surface area contributed by atoms with Crippen molar-refractivity contribution in [2.75, 3.05) is 0 Å². The summed E-state index contributed by atoms with van der Waals surface area (Å²) in [5.74, 6) is 1.58. The van der Waals surface area contributed by atoms with Gasteiger partial charge in [0.15, 0.2) is 0 Å². The number of aryl methyl sites for hydroxylation is 3. The highest BCUT2D eigenvalue weighted by molar-refractivity contribution is 7.19. The van der Waals surface area contributed by atoms with Crippen molar-refractivity contribution in [3.05, 3.63) is 69.8 Å². The molecule has 0 amide bonds. The molecule has 2 aromatic carbocycles. The van der Waals surface area contributed by atoms with Gasteiger partial charge in [0.25, 0.3) is 0 Å². The number of hydrogen-bond acceptors (Lipinski definition) is 1. The van der Waals surface area contributed by atoms with Crippen LogP contribution in [0.5, 0.6) is 0 Å². The summed E-state index contributed by atoms with van der Waals surface area (Å²) in [5, 5.41) is 1.09. The lowest BCUT2D eigenvalue weighted by atomic mass is 9.79. The average Bonchev–Trinajstić information content (AvgIpc) is 3.21. The third-order valence-corrected chi connectivity index (χ3v) is 8.22. The Labute approximate surface area is 185 Å². The van der Waals surface area contributed by atoms with Gasteiger partial charge in [0.1, 0.15) is 5.82 Å². The Morgan fingerprint density at radius 3 is 2.20 bits per heavy atom. The van der Waals surface area contributed by atoms with Crippen LogP contribution in [0.1, 0.15) is 86.3 Å². The molecular formula is C28H35FS. The van der Waals surface area contributed by atoms with E-state index in [1.165, 1.54) is 60.9 Å². The molecule has 0 unspecified atom stereocenters. The van der Waals surface area contributed by atoms with E-state index in [2.05, 4.69) is 50.2 Å². The van der Waals surface area contributed by atoms with Gasteiger partial charge in [-0.05, 0) is 84.9 Å². The fraction of sp³-hybridized carbons (Fsp3) is 0.500. The minimum Gasteiger partial charge on any atom is -0.205 e. The molecule has 160 valence electrons. The Morgan fingerprint density at radius 1 is 0.833 bits per heavy atom. The van der Waals surface area contributed by atoms with E-state index in [0.717, 1.165) is 40.8 Å². The summed E-state index contributed by atoms with van der Waals surface area (Å²) in [7, 11) is 0. The molecule has 1 aromatic heterocycles. The summed E-state index contributed by atoms with van der Waals surface area (Å²) in [4.78, 5) is 1.41. The smallest absolute Gasteiger partial charge is 0.144 e. The highest BCUT2D eigenvalue weighted by Crippen LogP contribution is 2.42. The van der Waals surface area contributed by atoms with Gasteiger partial charge < -0.3 is 0 Å². The fourth-order valence-electron chi connectivity index (χ4n) is 5.11. The second-order valence-corrected chi connectivity index (χ2v) is 10.3. The van der Waals surface area contributed by atoms with Crippen LogP contribution in [0.15, 0.2) is 42.5 Å². The number of halogens is 1. The second-order valence-electron chi connectivity index (χ2n) is 9.18. The summed E-state index contributed by atoms with van der Waals surface area (Å²) < 4.78 is 16.2. The highest BCUT2D eigenvalue weighted by atomic mass is 32.1. The molecule has 1 fully saturated rings. The van der Waals surface area contributed by atoms with Crippen molar-refractivity contribution in [3.8, 4) is 0 Å². The van der Waals surface area contributed by atoms with Crippen molar-refractivity contribution >= 4 is 21.4 Å². The van der Waals surface area contributed by atoms with E-state index < -0.39 is 0 Å². The maximum atomic E-state index is 15.3. The number of fused-ring (bicyclic) bond motifs is 1. The molecular weight excluding hydrogens is 387 g/mol. The Balaban J connectivity index is 1.43. The van der Waals surface area contributed by atoms with Crippen molar-refractivity contribution in [1.29, 1.82) is 0 Å². The zero-order valence-electron chi connectivity index (χ0n) is 18.6. The summed E-state index contributed by atoms with van der Waals surface area (Å²) in [6.45, 7) is 4.50. The molecule has 3 aromatic rings. The van der Waals surface area contributed by atoms with Gasteiger partial charge in [0.05, 0.1) is 4.70 Å². The van der Waals surface area contributed by atoms with Crippen molar-refractivity contribution in [2.45, 2.75) is 84.0 Å². The van der Waals surface area contributed by atoms with E-state index in [4.69, 9.17) is 0 Å². The predicted octanol–water partition coefficient (Wildman–Crippen LogP) is 8.85. The van der Waals surface area contributed by atoms with Crippen LogP contribution >= 0.6 is 11.3 Å². The SMILES string of the molecule is CCCc1ccc(CCc2ccc3cc(C4CCC(CCC)CC4)sc3c2F)cc1. The summed E-state index contributed by atoms with van der Waals surface area (Å²) in [6.07, 6.45) is 11.9. The van der Waals surface area contributed by atoms with Crippen molar-refractivity contribution in [3.63, 3.8) is 0 Å². The molecule has 1 heterocycles. The van der Waals surface area contributed by atoms with E-state index in [1.807, 2.05) is 6.07 Å². The molecule has 4 rings (SSSR count). The average molecular weight is 423 g/mol. The van der Waals surface area contributed by atoms with Gasteiger partial charge in [-0.2, -0.15) is 0 Å².